The number of fused-ring (bicyclic) bond motifs is 3. The van der Waals surface area contributed by atoms with Crippen molar-refractivity contribution in [2.45, 2.75) is 18.9 Å². The number of ether oxygens (including phenoxy) is 1. The maximum absolute atomic E-state index is 12.4. The number of aromatic carboxylic acids is 1. The van der Waals surface area contributed by atoms with E-state index in [1.807, 2.05) is 48.5 Å². The van der Waals surface area contributed by atoms with Crippen LogP contribution in [0, 0.1) is 0 Å². The van der Waals surface area contributed by atoms with Crippen LogP contribution >= 0.6 is 11.6 Å². The molecule has 7 nitrogen and oxygen atoms in total. The monoisotopic (exact) mass is 464 g/mol. The number of hydrogen-bond donors (Lipinski definition) is 3. The van der Waals surface area contributed by atoms with Crippen molar-refractivity contribution in [2.24, 2.45) is 0 Å². The van der Waals surface area contributed by atoms with Crippen molar-refractivity contribution >= 4 is 35.3 Å². The molecule has 1 aliphatic carbocycles. The first-order chi connectivity index (χ1) is 15.8. The van der Waals surface area contributed by atoms with Crippen LogP contribution in [0.25, 0.3) is 11.1 Å². The van der Waals surface area contributed by atoms with Crippen LogP contribution in [0.4, 0.5) is 10.5 Å². The average molecular weight is 465 g/mol. The van der Waals surface area contributed by atoms with E-state index >= 15 is 0 Å². The second-order valence-electron chi connectivity index (χ2n) is 7.68. The molecule has 0 radical (unpaired) electrons. The highest BCUT2D eigenvalue weighted by molar-refractivity contribution is 6.33. The van der Waals surface area contributed by atoms with Crippen molar-refractivity contribution in [1.82, 2.24) is 5.32 Å². The van der Waals surface area contributed by atoms with E-state index in [9.17, 15) is 14.4 Å². The molecular weight excluding hydrogens is 444 g/mol. The van der Waals surface area contributed by atoms with E-state index in [4.69, 9.17) is 21.4 Å². The van der Waals surface area contributed by atoms with Gasteiger partial charge in [0.25, 0.3) is 0 Å². The van der Waals surface area contributed by atoms with Crippen LogP contribution in [0.5, 0.6) is 0 Å². The first-order valence-corrected chi connectivity index (χ1v) is 10.7. The van der Waals surface area contributed by atoms with Gasteiger partial charge in [-0.15, -0.1) is 0 Å². The third-order valence-electron chi connectivity index (χ3n) is 5.54. The second-order valence-corrected chi connectivity index (χ2v) is 8.09. The Morgan fingerprint density at radius 3 is 2.21 bits per heavy atom. The van der Waals surface area contributed by atoms with Crippen LogP contribution in [0.1, 0.15) is 34.3 Å². The van der Waals surface area contributed by atoms with Crippen molar-refractivity contribution in [3.63, 3.8) is 0 Å². The number of halogens is 1. The lowest BCUT2D eigenvalue weighted by Crippen LogP contribution is -2.42. The molecule has 0 saturated heterocycles. The van der Waals surface area contributed by atoms with Gasteiger partial charge in [0.1, 0.15) is 12.6 Å². The van der Waals surface area contributed by atoms with E-state index in [2.05, 4.69) is 10.6 Å². The molecule has 3 aromatic carbocycles. The van der Waals surface area contributed by atoms with Crippen LogP contribution in [-0.2, 0) is 9.53 Å². The number of nitrogens with one attached hydrogen (secondary N) is 2. The van der Waals surface area contributed by atoms with Crippen LogP contribution in [0.3, 0.4) is 0 Å². The van der Waals surface area contributed by atoms with Gasteiger partial charge in [0.05, 0.1) is 10.6 Å². The van der Waals surface area contributed by atoms with Gasteiger partial charge in [0, 0.05) is 11.6 Å². The molecule has 4 rings (SSSR count). The molecule has 33 heavy (non-hydrogen) atoms. The molecule has 8 heteroatoms. The number of carbonyl (C=O) groups is 3. The largest absolute Gasteiger partial charge is 0.478 e. The standard InChI is InChI=1S/C25H21ClN2O5/c1-14(23(29)28-15-10-11-22(26)20(12-15)24(30)31)27-25(32)33-13-21-18-8-4-2-6-16(18)17-7-3-5-9-19(17)21/h2-12,14,21H,13H2,1H3,(H,27,32)(H,28,29)(H,30,31). The molecule has 3 N–H and O–H groups in total. The summed E-state index contributed by atoms with van der Waals surface area (Å²) in [5.74, 6) is -1.82. The second kappa shape index (κ2) is 9.34. The van der Waals surface area contributed by atoms with Crippen molar-refractivity contribution in [1.29, 1.82) is 0 Å². The molecule has 0 heterocycles. The molecule has 1 unspecified atom stereocenters. The molecule has 0 bridgehead atoms. The summed E-state index contributed by atoms with van der Waals surface area (Å²) >= 11 is 5.84. The van der Waals surface area contributed by atoms with Gasteiger partial charge in [-0.2, -0.15) is 0 Å². The van der Waals surface area contributed by atoms with Crippen LogP contribution in [0.15, 0.2) is 66.7 Å². The minimum absolute atomic E-state index is 0.0605. The van der Waals surface area contributed by atoms with Gasteiger partial charge >= 0.3 is 12.1 Å². The third kappa shape index (κ3) is 4.68. The fraction of sp³-hybridized carbons (Fsp3) is 0.160. The molecule has 0 spiro atoms. The Kier molecular flexibility index (Phi) is 6.33. The number of amides is 2. The van der Waals surface area contributed by atoms with Gasteiger partial charge < -0.3 is 20.5 Å². The summed E-state index contributed by atoms with van der Waals surface area (Å²) in [6.45, 7) is 1.64. The summed E-state index contributed by atoms with van der Waals surface area (Å²) in [6.07, 6.45) is -0.721. The van der Waals surface area contributed by atoms with Crippen LogP contribution in [0.2, 0.25) is 5.02 Å². The van der Waals surface area contributed by atoms with Gasteiger partial charge in [0.2, 0.25) is 5.91 Å². The minimum Gasteiger partial charge on any atom is -0.478 e. The van der Waals surface area contributed by atoms with E-state index in [0.29, 0.717) is 0 Å². The van der Waals surface area contributed by atoms with E-state index < -0.39 is 24.0 Å². The highest BCUT2D eigenvalue weighted by Gasteiger charge is 2.29. The molecule has 1 aliphatic rings. The number of hydrogen-bond acceptors (Lipinski definition) is 4. The van der Waals surface area contributed by atoms with E-state index in [1.165, 1.54) is 25.1 Å². The van der Waals surface area contributed by atoms with E-state index in [-0.39, 0.29) is 28.8 Å². The summed E-state index contributed by atoms with van der Waals surface area (Å²) in [5, 5.41) is 14.3. The van der Waals surface area contributed by atoms with Crippen LogP contribution in [-0.4, -0.2) is 35.7 Å². The first kappa shape index (κ1) is 22.4. The molecule has 3 aromatic rings. The van der Waals surface area contributed by atoms with Crippen molar-refractivity contribution in [3.8, 4) is 11.1 Å². The Bertz CT molecular complexity index is 1200. The summed E-state index contributed by atoms with van der Waals surface area (Å²) in [4.78, 5) is 36.0. The minimum atomic E-state index is -1.21. The van der Waals surface area contributed by atoms with E-state index in [1.54, 1.807) is 0 Å². The van der Waals surface area contributed by atoms with Crippen LogP contribution < -0.4 is 10.6 Å². The SMILES string of the molecule is CC(NC(=O)OCC1c2ccccc2-c2ccccc21)C(=O)Nc1ccc(Cl)c(C(=O)O)c1. The first-order valence-electron chi connectivity index (χ1n) is 10.3. The highest BCUT2D eigenvalue weighted by Crippen LogP contribution is 2.44. The van der Waals surface area contributed by atoms with Crippen molar-refractivity contribution in [2.75, 3.05) is 11.9 Å². The highest BCUT2D eigenvalue weighted by atomic mass is 35.5. The fourth-order valence-electron chi connectivity index (χ4n) is 3.90. The summed E-state index contributed by atoms with van der Waals surface area (Å²) < 4.78 is 5.45. The van der Waals surface area contributed by atoms with Gasteiger partial charge in [-0.1, -0.05) is 60.1 Å². The zero-order chi connectivity index (χ0) is 23.5. The fourth-order valence-corrected chi connectivity index (χ4v) is 4.10. The average Bonchev–Trinajstić information content (AvgIpc) is 3.12. The normalized spacial score (nSPS) is 12.9. The summed E-state index contributed by atoms with van der Waals surface area (Å²) in [5.41, 5.74) is 4.55. The van der Waals surface area contributed by atoms with Gasteiger partial charge in [-0.25, -0.2) is 9.59 Å². The number of anilines is 1. The Balaban J connectivity index is 1.36. The molecular formula is C25H21ClN2O5. The maximum Gasteiger partial charge on any atom is 0.407 e. The number of carbonyl (C=O) groups excluding carboxylic acids is 2. The Hall–Kier alpha value is -3.84. The van der Waals surface area contributed by atoms with E-state index in [0.717, 1.165) is 22.3 Å². The summed E-state index contributed by atoms with van der Waals surface area (Å²) in [7, 11) is 0. The lowest BCUT2D eigenvalue weighted by atomic mass is 9.98. The van der Waals surface area contributed by atoms with Crippen molar-refractivity contribution < 1.29 is 24.2 Å². The predicted octanol–water partition coefficient (Wildman–Crippen LogP) is 4.90. The topological polar surface area (TPSA) is 105 Å². The smallest absolute Gasteiger partial charge is 0.407 e. The van der Waals surface area contributed by atoms with Gasteiger partial charge in [0.15, 0.2) is 0 Å². The quantitative estimate of drug-likeness (QED) is 0.481. The zero-order valence-corrected chi connectivity index (χ0v) is 18.4. The number of rotatable bonds is 6. The zero-order valence-electron chi connectivity index (χ0n) is 17.7. The Labute approximate surface area is 195 Å². The summed E-state index contributed by atoms with van der Waals surface area (Å²) in [6, 6.07) is 19.2. The Morgan fingerprint density at radius 2 is 1.61 bits per heavy atom. The molecule has 0 saturated carbocycles. The molecule has 168 valence electrons. The van der Waals surface area contributed by atoms with Gasteiger partial charge in [-0.3, -0.25) is 4.79 Å². The predicted molar refractivity (Wildman–Crippen MR) is 125 cm³/mol. The lowest BCUT2D eigenvalue weighted by molar-refractivity contribution is -0.117. The molecule has 1 atom stereocenters. The maximum atomic E-state index is 12.4. The number of benzene rings is 3. The number of carboxylic acid groups (broad SMARTS) is 1. The molecule has 0 fully saturated rings. The Morgan fingerprint density at radius 1 is 1.00 bits per heavy atom. The third-order valence-corrected chi connectivity index (χ3v) is 5.87. The van der Waals surface area contributed by atoms with Gasteiger partial charge in [-0.05, 0) is 47.4 Å². The molecule has 2 amide bonds. The molecule has 0 aliphatic heterocycles. The number of alkyl carbamates (subject to hydrolysis) is 1. The lowest BCUT2D eigenvalue weighted by Gasteiger charge is -2.17. The van der Waals surface area contributed by atoms with Crippen molar-refractivity contribution in [3.05, 3.63) is 88.4 Å². The number of carboxylic acids is 1. The molecule has 0 aromatic heterocycles.